The van der Waals surface area contributed by atoms with E-state index in [1.54, 1.807) is 12.1 Å². The number of halogens is 2. The molecular weight excluding hydrogens is 449 g/mol. The standard InChI is InChI=1S/C24H35Cl2N3O3/c25-22-5-4-20(16-23(22)26)32-19-6-11-28(12-7-19)17-21-18-29(14-15-31-21)24(30)8-13-27-9-2-1-3-10-27/h4-5,16,19,21H,1-3,6-15,17-18H2. The molecule has 1 aromatic carbocycles. The normalized spacial score (nSPS) is 23.9. The summed E-state index contributed by atoms with van der Waals surface area (Å²) in [5, 5.41) is 1.06. The first-order valence-electron chi connectivity index (χ1n) is 12.0. The number of ether oxygens (including phenoxy) is 2. The van der Waals surface area contributed by atoms with E-state index in [1.807, 2.05) is 11.0 Å². The van der Waals surface area contributed by atoms with Crippen molar-refractivity contribution in [1.29, 1.82) is 0 Å². The van der Waals surface area contributed by atoms with Gasteiger partial charge in [-0.1, -0.05) is 29.6 Å². The van der Waals surface area contributed by atoms with Gasteiger partial charge in [0.2, 0.25) is 5.91 Å². The van der Waals surface area contributed by atoms with Crippen LogP contribution in [0.4, 0.5) is 0 Å². The Kier molecular flexibility index (Phi) is 8.95. The van der Waals surface area contributed by atoms with E-state index < -0.39 is 0 Å². The predicted octanol–water partition coefficient (Wildman–Crippen LogP) is 3.94. The van der Waals surface area contributed by atoms with Crippen LogP contribution in [0.5, 0.6) is 5.75 Å². The molecule has 0 aliphatic carbocycles. The van der Waals surface area contributed by atoms with Crippen molar-refractivity contribution in [1.82, 2.24) is 14.7 Å². The molecule has 0 saturated carbocycles. The zero-order valence-corrected chi connectivity index (χ0v) is 20.3. The van der Waals surface area contributed by atoms with Crippen LogP contribution in [0.1, 0.15) is 38.5 Å². The van der Waals surface area contributed by atoms with Gasteiger partial charge in [0.15, 0.2) is 0 Å². The number of rotatable bonds is 7. The van der Waals surface area contributed by atoms with E-state index in [0.717, 1.165) is 64.4 Å². The number of carbonyl (C=O) groups is 1. The van der Waals surface area contributed by atoms with Gasteiger partial charge in [-0.15, -0.1) is 0 Å². The monoisotopic (exact) mass is 483 g/mol. The maximum atomic E-state index is 12.7. The summed E-state index contributed by atoms with van der Waals surface area (Å²) in [6, 6.07) is 5.42. The fourth-order valence-electron chi connectivity index (χ4n) is 4.89. The van der Waals surface area contributed by atoms with Gasteiger partial charge in [-0.3, -0.25) is 4.79 Å². The Bertz CT molecular complexity index is 752. The van der Waals surface area contributed by atoms with Crippen LogP contribution in [-0.4, -0.2) is 91.8 Å². The second kappa shape index (κ2) is 11.9. The van der Waals surface area contributed by atoms with Gasteiger partial charge in [0, 0.05) is 51.8 Å². The summed E-state index contributed by atoms with van der Waals surface area (Å²) in [6.45, 7) is 8.05. The van der Waals surface area contributed by atoms with Crippen LogP contribution >= 0.6 is 23.2 Å². The van der Waals surface area contributed by atoms with Crippen LogP contribution in [0.2, 0.25) is 10.0 Å². The molecule has 3 heterocycles. The molecule has 0 spiro atoms. The van der Waals surface area contributed by atoms with E-state index in [0.29, 0.717) is 29.6 Å². The lowest BCUT2D eigenvalue weighted by atomic mass is 10.1. The van der Waals surface area contributed by atoms with Gasteiger partial charge in [-0.25, -0.2) is 0 Å². The third kappa shape index (κ3) is 6.97. The SMILES string of the molecule is O=C(CCN1CCCCC1)N1CCOC(CN2CCC(Oc3ccc(Cl)c(Cl)c3)CC2)C1. The second-order valence-corrected chi connectivity index (χ2v) is 9.99. The van der Waals surface area contributed by atoms with E-state index in [1.165, 1.54) is 19.3 Å². The number of amides is 1. The molecular formula is C24H35Cl2N3O3. The Morgan fingerprint density at radius 3 is 2.53 bits per heavy atom. The molecule has 1 atom stereocenters. The van der Waals surface area contributed by atoms with Crippen molar-refractivity contribution in [2.45, 2.75) is 50.7 Å². The molecule has 0 bridgehead atoms. The lowest BCUT2D eigenvalue weighted by Gasteiger charge is -2.38. The number of carbonyl (C=O) groups excluding carboxylic acids is 1. The van der Waals surface area contributed by atoms with Crippen LogP contribution in [0.3, 0.4) is 0 Å². The van der Waals surface area contributed by atoms with Gasteiger partial charge in [0.1, 0.15) is 11.9 Å². The van der Waals surface area contributed by atoms with Gasteiger partial charge in [-0.05, 0) is 50.9 Å². The van der Waals surface area contributed by atoms with Crippen molar-refractivity contribution in [2.75, 3.05) is 59.0 Å². The van der Waals surface area contributed by atoms with Crippen LogP contribution in [0.15, 0.2) is 18.2 Å². The Balaban J connectivity index is 1.16. The number of morpholine rings is 1. The van der Waals surface area contributed by atoms with Crippen molar-refractivity contribution < 1.29 is 14.3 Å². The highest BCUT2D eigenvalue weighted by Gasteiger charge is 2.28. The van der Waals surface area contributed by atoms with Crippen LogP contribution in [-0.2, 0) is 9.53 Å². The van der Waals surface area contributed by atoms with Crippen LogP contribution in [0, 0.1) is 0 Å². The molecule has 4 rings (SSSR count). The lowest BCUT2D eigenvalue weighted by molar-refractivity contribution is -0.140. The minimum atomic E-state index is 0.0928. The second-order valence-electron chi connectivity index (χ2n) is 9.18. The van der Waals surface area contributed by atoms with Gasteiger partial charge < -0.3 is 24.2 Å². The Morgan fingerprint density at radius 2 is 1.78 bits per heavy atom. The highest BCUT2D eigenvalue weighted by atomic mass is 35.5. The first kappa shape index (κ1) is 24.1. The maximum Gasteiger partial charge on any atom is 0.224 e. The largest absolute Gasteiger partial charge is 0.490 e. The van der Waals surface area contributed by atoms with Gasteiger partial charge >= 0.3 is 0 Å². The third-order valence-electron chi connectivity index (χ3n) is 6.77. The fraction of sp³-hybridized carbons (Fsp3) is 0.708. The molecule has 3 aliphatic heterocycles. The Morgan fingerprint density at radius 1 is 1.00 bits per heavy atom. The van der Waals surface area contributed by atoms with Gasteiger partial charge in [0.05, 0.1) is 22.8 Å². The molecule has 8 heteroatoms. The first-order chi connectivity index (χ1) is 15.6. The summed E-state index contributed by atoms with van der Waals surface area (Å²) in [7, 11) is 0. The smallest absolute Gasteiger partial charge is 0.224 e. The molecule has 0 N–H and O–H groups in total. The van der Waals surface area contributed by atoms with Crippen molar-refractivity contribution in [3.63, 3.8) is 0 Å². The molecule has 3 fully saturated rings. The van der Waals surface area contributed by atoms with Crippen molar-refractivity contribution in [3.05, 3.63) is 28.2 Å². The summed E-state index contributed by atoms with van der Waals surface area (Å²) in [4.78, 5) is 19.6. The highest BCUT2D eigenvalue weighted by molar-refractivity contribution is 6.42. The van der Waals surface area contributed by atoms with E-state index >= 15 is 0 Å². The molecule has 1 unspecified atom stereocenters. The van der Waals surface area contributed by atoms with Crippen LogP contribution in [0.25, 0.3) is 0 Å². The highest BCUT2D eigenvalue weighted by Crippen LogP contribution is 2.28. The fourth-order valence-corrected chi connectivity index (χ4v) is 5.18. The third-order valence-corrected chi connectivity index (χ3v) is 7.51. The minimum absolute atomic E-state index is 0.0928. The van der Waals surface area contributed by atoms with Crippen LogP contribution < -0.4 is 4.74 Å². The molecule has 3 saturated heterocycles. The maximum absolute atomic E-state index is 12.7. The molecule has 0 aromatic heterocycles. The number of hydrogen-bond acceptors (Lipinski definition) is 5. The molecule has 178 valence electrons. The number of hydrogen-bond donors (Lipinski definition) is 0. The van der Waals surface area contributed by atoms with Gasteiger partial charge in [-0.2, -0.15) is 0 Å². The van der Waals surface area contributed by atoms with Crippen molar-refractivity contribution in [3.8, 4) is 5.75 Å². The molecule has 6 nitrogen and oxygen atoms in total. The lowest BCUT2D eigenvalue weighted by Crippen LogP contribution is -2.51. The summed E-state index contributed by atoms with van der Waals surface area (Å²) in [5.74, 6) is 1.05. The molecule has 3 aliphatic rings. The average Bonchev–Trinajstić information content (AvgIpc) is 2.82. The summed E-state index contributed by atoms with van der Waals surface area (Å²) < 4.78 is 12.1. The topological polar surface area (TPSA) is 45.2 Å². The summed E-state index contributed by atoms with van der Waals surface area (Å²) in [6.07, 6.45) is 6.69. The number of benzene rings is 1. The van der Waals surface area contributed by atoms with E-state index in [2.05, 4.69) is 9.80 Å². The molecule has 32 heavy (non-hydrogen) atoms. The Hall–Kier alpha value is -1.05. The molecule has 0 radical (unpaired) electrons. The number of nitrogens with zero attached hydrogens (tertiary/aromatic N) is 3. The predicted molar refractivity (Wildman–Crippen MR) is 128 cm³/mol. The zero-order chi connectivity index (χ0) is 22.3. The minimum Gasteiger partial charge on any atom is -0.490 e. The van der Waals surface area contributed by atoms with Crippen molar-refractivity contribution >= 4 is 29.1 Å². The average molecular weight is 484 g/mol. The van der Waals surface area contributed by atoms with E-state index in [9.17, 15) is 4.79 Å². The quantitative estimate of drug-likeness (QED) is 0.587. The molecule has 1 aromatic rings. The Labute approximate surface area is 201 Å². The molecule has 1 amide bonds. The van der Waals surface area contributed by atoms with Gasteiger partial charge in [0.25, 0.3) is 0 Å². The number of piperidine rings is 2. The van der Waals surface area contributed by atoms with E-state index in [4.69, 9.17) is 32.7 Å². The first-order valence-corrected chi connectivity index (χ1v) is 12.8. The zero-order valence-electron chi connectivity index (χ0n) is 18.8. The summed E-state index contributed by atoms with van der Waals surface area (Å²) in [5.41, 5.74) is 0. The summed E-state index contributed by atoms with van der Waals surface area (Å²) >= 11 is 12.1. The van der Waals surface area contributed by atoms with Crippen molar-refractivity contribution in [2.24, 2.45) is 0 Å². The van der Waals surface area contributed by atoms with E-state index in [-0.39, 0.29) is 18.1 Å². The number of likely N-dealkylation sites (tertiary alicyclic amines) is 2.